The number of halogens is 1. The highest BCUT2D eigenvalue weighted by Gasteiger charge is 2.28. The molecule has 0 unspecified atom stereocenters. The zero-order chi connectivity index (χ0) is 6.74. The maximum Gasteiger partial charge on any atom is 0.241 e. The zero-order valence-corrected chi connectivity index (χ0v) is 5.53. The maximum absolute atomic E-state index is 12.6. The summed E-state index contributed by atoms with van der Waals surface area (Å²) in [5.41, 5.74) is 0. The zero-order valence-electron chi connectivity index (χ0n) is 5.53. The van der Waals surface area contributed by atoms with Crippen LogP contribution in [-0.4, -0.2) is 5.85 Å². The second-order valence-electron chi connectivity index (χ2n) is 2.80. The molecule has 0 amide bonds. The van der Waals surface area contributed by atoms with Crippen LogP contribution in [-0.2, 0) is 5.11 Å². The van der Waals surface area contributed by atoms with Crippen molar-refractivity contribution in [2.24, 2.45) is 0 Å². The summed E-state index contributed by atoms with van der Waals surface area (Å²) >= 11 is 0. The molecule has 2 heteroatoms. The van der Waals surface area contributed by atoms with Gasteiger partial charge in [0.25, 0.3) is 0 Å². The van der Waals surface area contributed by atoms with Crippen LogP contribution in [0.15, 0.2) is 0 Å². The van der Waals surface area contributed by atoms with Crippen LogP contribution in [0.25, 0.3) is 0 Å². The molecule has 0 aromatic rings. The largest absolute Gasteiger partial charge is 0.241 e. The van der Waals surface area contributed by atoms with E-state index in [0.717, 1.165) is 25.7 Å². The van der Waals surface area contributed by atoms with Gasteiger partial charge in [-0.1, -0.05) is 12.8 Å². The first-order valence-corrected chi connectivity index (χ1v) is 3.60. The second kappa shape index (κ2) is 2.65. The molecule has 1 aliphatic carbocycles. The van der Waals surface area contributed by atoms with Crippen LogP contribution in [0, 0.1) is 0 Å². The van der Waals surface area contributed by atoms with Crippen LogP contribution in [0.3, 0.4) is 0 Å². The normalized spacial score (nSPS) is 27.3. The van der Waals surface area contributed by atoms with Crippen molar-refractivity contribution in [1.29, 1.82) is 0 Å². The molecular weight excluding hydrogens is 119 g/mol. The molecule has 9 heavy (non-hydrogen) atoms. The van der Waals surface area contributed by atoms with Gasteiger partial charge in [-0.2, -0.15) is 5.11 Å². The van der Waals surface area contributed by atoms with E-state index in [1.54, 1.807) is 0 Å². The fourth-order valence-electron chi connectivity index (χ4n) is 1.26. The van der Waals surface area contributed by atoms with Crippen LogP contribution in [0.1, 0.15) is 38.5 Å². The monoisotopic (exact) mass is 131 g/mol. The third-order valence-corrected chi connectivity index (χ3v) is 1.85. The smallest absolute Gasteiger partial charge is 0.209 e. The van der Waals surface area contributed by atoms with Gasteiger partial charge in [-0.25, -0.2) is 4.39 Å². The molecule has 1 radical (unpaired) electrons. The van der Waals surface area contributed by atoms with Crippen molar-refractivity contribution in [3.05, 3.63) is 0 Å². The Morgan fingerprint density at radius 2 is 1.44 bits per heavy atom. The van der Waals surface area contributed by atoms with E-state index in [4.69, 9.17) is 0 Å². The summed E-state index contributed by atoms with van der Waals surface area (Å²) < 4.78 is 12.6. The molecule has 0 heterocycles. The Hall–Kier alpha value is -0.110. The van der Waals surface area contributed by atoms with E-state index < -0.39 is 5.85 Å². The minimum atomic E-state index is -2.09. The van der Waals surface area contributed by atoms with Gasteiger partial charge < -0.3 is 0 Å². The van der Waals surface area contributed by atoms with Gasteiger partial charge in [-0.15, -0.1) is 0 Å². The maximum atomic E-state index is 12.6. The molecule has 1 fully saturated rings. The van der Waals surface area contributed by atoms with Crippen molar-refractivity contribution >= 4 is 0 Å². The van der Waals surface area contributed by atoms with Crippen LogP contribution in [0.2, 0.25) is 0 Å². The standard InChI is InChI=1S/C7H12FO/c8-7(9)5-3-1-2-4-6-7/h1-6H2. The molecule has 53 valence electrons. The van der Waals surface area contributed by atoms with E-state index in [1.807, 2.05) is 0 Å². The third kappa shape index (κ3) is 2.31. The SMILES string of the molecule is [O]C1(F)CCCCCC1. The minimum absolute atomic E-state index is 0.229. The summed E-state index contributed by atoms with van der Waals surface area (Å²) in [6.07, 6.45) is 4.09. The van der Waals surface area contributed by atoms with Crippen molar-refractivity contribution in [2.45, 2.75) is 44.4 Å². The van der Waals surface area contributed by atoms with E-state index >= 15 is 0 Å². The Morgan fingerprint density at radius 3 is 1.89 bits per heavy atom. The van der Waals surface area contributed by atoms with Crippen molar-refractivity contribution < 1.29 is 9.50 Å². The first-order valence-electron chi connectivity index (χ1n) is 3.60. The fourth-order valence-corrected chi connectivity index (χ4v) is 1.26. The topological polar surface area (TPSA) is 19.9 Å². The van der Waals surface area contributed by atoms with Crippen molar-refractivity contribution in [3.63, 3.8) is 0 Å². The summed E-state index contributed by atoms with van der Waals surface area (Å²) in [6.45, 7) is 0. The van der Waals surface area contributed by atoms with Gasteiger partial charge in [0.2, 0.25) is 5.85 Å². The summed E-state index contributed by atoms with van der Waals surface area (Å²) in [5, 5.41) is 10.7. The Bertz CT molecular complexity index is 80.9. The summed E-state index contributed by atoms with van der Waals surface area (Å²) in [7, 11) is 0. The Kier molecular flexibility index (Phi) is 2.06. The summed E-state index contributed by atoms with van der Waals surface area (Å²) in [4.78, 5) is 0. The minimum Gasteiger partial charge on any atom is -0.209 e. The first-order chi connectivity index (χ1) is 4.21. The van der Waals surface area contributed by atoms with Crippen LogP contribution < -0.4 is 0 Å². The van der Waals surface area contributed by atoms with Gasteiger partial charge in [0.1, 0.15) is 0 Å². The van der Waals surface area contributed by atoms with Crippen molar-refractivity contribution in [3.8, 4) is 0 Å². The van der Waals surface area contributed by atoms with E-state index in [2.05, 4.69) is 0 Å². The van der Waals surface area contributed by atoms with Gasteiger partial charge in [-0.05, 0) is 12.8 Å². The molecule has 1 rings (SSSR count). The third-order valence-electron chi connectivity index (χ3n) is 1.85. The predicted octanol–water partition coefficient (Wildman–Crippen LogP) is 2.44. The Labute approximate surface area is 54.9 Å². The molecule has 0 aliphatic heterocycles. The van der Waals surface area contributed by atoms with E-state index in [1.165, 1.54) is 0 Å². The lowest BCUT2D eigenvalue weighted by Crippen LogP contribution is -2.17. The molecule has 0 saturated heterocycles. The molecule has 1 saturated carbocycles. The lowest BCUT2D eigenvalue weighted by Gasteiger charge is -2.11. The van der Waals surface area contributed by atoms with E-state index in [9.17, 15) is 9.50 Å². The average Bonchev–Trinajstić information content (AvgIpc) is 1.92. The van der Waals surface area contributed by atoms with Gasteiger partial charge >= 0.3 is 0 Å². The van der Waals surface area contributed by atoms with Gasteiger partial charge in [0.05, 0.1) is 0 Å². The van der Waals surface area contributed by atoms with E-state index in [0.29, 0.717) is 0 Å². The molecule has 1 nitrogen and oxygen atoms in total. The van der Waals surface area contributed by atoms with Crippen molar-refractivity contribution in [2.75, 3.05) is 0 Å². The fraction of sp³-hybridized carbons (Fsp3) is 1.00. The summed E-state index contributed by atoms with van der Waals surface area (Å²) in [6, 6.07) is 0. The molecule has 0 spiro atoms. The van der Waals surface area contributed by atoms with Crippen LogP contribution in [0.4, 0.5) is 4.39 Å². The van der Waals surface area contributed by atoms with Crippen molar-refractivity contribution in [1.82, 2.24) is 0 Å². The first kappa shape index (κ1) is 7.00. The van der Waals surface area contributed by atoms with E-state index in [-0.39, 0.29) is 12.8 Å². The second-order valence-corrected chi connectivity index (χ2v) is 2.80. The van der Waals surface area contributed by atoms with Crippen LogP contribution in [0.5, 0.6) is 0 Å². The molecular formula is C7H12FO. The Morgan fingerprint density at radius 1 is 1.00 bits per heavy atom. The lowest BCUT2D eigenvalue weighted by atomic mass is 10.1. The molecule has 1 aliphatic rings. The molecule has 0 bridgehead atoms. The quantitative estimate of drug-likeness (QED) is 0.450. The van der Waals surface area contributed by atoms with Gasteiger partial charge in [-0.3, -0.25) is 0 Å². The highest BCUT2D eigenvalue weighted by molar-refractivity contribution is 4.68. The highest BCUT2D eigenvalue weighted by Crippen LogP contribution is 2.28. The average molecular weight is 131 g/mol. The highest BCUT2D eigenvalue weighted by atomic mass is 19.2. The molecule has 0 N–H and O–H groups in total. The molecule has 0 atom stereocenters. The van der Waals surface area contributed by atoms with Crippen LogP contribution >= 0.6 is 0 Å². The number of hydrogen-bond acceptors (Lipinski definition) is 0. The van der Waals surface area contributed by atoms with Gasteiger partial charge in [0.15, 0.2) is 0 Å². The number of rotatable bonds is 0. The molecule has 0 aromatic carbocycles. The lowest BCUT2D eigenvalue weighted by molar-refractivity contribution is -0.150. The molecule has 0 aromatic heterocycles. The number of alkyl halides is 1. The predicted molar refractivity (Wildman–Crippen MR) is 32.2 cm³/mol. The number of hydrogen-bond donors (Lipinski definition) is 0. The van der Waals surface area contributed by atoms with Gasteiger partial charge in [0, 0.05) is 12.8 Å². The Balaban J connectivity index is 2.36. The summed E-state index contributed by atoms with van der Waals surface area (Å²) in [5.74, 6) is -2.09.